The van der Waals surface area contributed by atoms with Crippen molar-refractivity contribution in [1.82, 2.24) is 9.97 Å². The van der Waals surface area contributed by atoms with E-state index in [1.54, 1.807) is 11.3 Å². The van der Waals surface area contributed by atoms with E-state index in [2.05, 4.69) is 140 Å². The average Bonchev–Trinajstić information content (AvgIpc) is 3.76. The van der Waals surface area contributed by atoms with Crippen molar-refractivity contribution in [3.05, 3.63) is 158 Å². The Kier molecular flexibility index (Phi) is 5.83. The molecule has 0 fully saturated rings. The van der Waals surface area contributed by atoms with Crippen LogP contribution in [0.1, 0.15) is 0 Å². The molecule has 0 aliphatic rings. The lowest BCUT2D eigenvalue weighted by atomic mass is 9.90. The van der Waals surface area contributed by atoms with Gasteiger partial charge in [0.05, 0.1) is 15.9 Å². The maximum atomic E-state index is 6.60. The summed E-state index contributed by atoms with van der Waals surface area (Å²) in [6.07, 6.45) is 0. The number of benzene rings is 8. The Balaban J connectivity index is 1.23. The monoisotopic (exact) mass is 654 g/mol. The molecule has 0 amide bonds. The predicted octanol–water partition coefficient (Wildman–Crippen LogP) is 13.2. The Labute approximate surface area is 290 Å². The van der Waals surface area contributed by atoms with E-state index in [9.17, 15) is 0 Å². The summed E-state index contributed by atoms with van der Waals surface area (Å²) in [6, 6.07) is 56.0. The third kappa shape index (κ3) is 4.03. The van der Waals surface area contributed by atoms with E-state index in [1.807, 2.05) is 18.2 Å². The first kappa shape index (κ1) is 27.6. The third-order valence-corrected chi connectivity index (χ3v) is 11.2. The molecule has 0 bridgehead atoms. The highest BCUT2D eigenvalue weighted by Gasteiger charge is 2.20. The first-order valence-electron chi connectivity index (χ1n) is 16.8. The van der Waals surface area contributed by atoms with Gasteiger partial charge in [-0.05, 0) is 73.8 Å². The van der Waals surface area contributed by atoms with E-state index < -0.39 is 0 Å². The van der Waals surface area contributed by atoms with Gasteiger partial charge in [-0.3, -0.25) is 0 Å². The molecule has 50 heavy (non-hydrogen) atoms. The molecule has 11 rings (SSSR count). The number of nitrogens with zero attached hydrogens (tertiary/aromatic N) is 2. The Hall–Kier alpha value is -6.36. The Bertz CT molecular complexity index is 3120. The SMILES string of the molecule is c1ccc(-c2nc(-c3cc(-c4ccc5c6ccccc6c6ccccc6c5c4)c4c(c3)oc3ccccc34)nc3c2sc2ccccc23)cc1. The minimum atomic E-state index is 0.681. The van der Waals surface area contributed by atoms with Gasteiger partial charge >= 0.3 is 0 Å². The highest BCUT2D eigenvalue weighted by Crippen LogP contribution is 2.44. The molecule has 232 valence electrons. The normalized spacial score (nSPS) is 12.0. The molecular formula is C46H26N2OS. The molecule has 0 saturated carbocycles. The smallest absolute Gasteiger partial charge is 0.160 e. The topological polar surface area (TPSA) is 38.9 Å². The summed E-state index contributed by atoms with van der Waals surface area (Å²) >= 11 is 1.75. The number of para-hydroxylation sites is 1. The van der Waals surface area contributed by atoms with Crippen LogP contribution in [0, 0.1) is 0 Å². The van der Waals surface area contributed by atoms with Gasteiger partial charge in [0, 0.05) is 32.0 Å². The van der Waals surface area contributed by atoms with E-state index >= 15 is 0 Å². The zero-order valence-corrected chi connectivity index (χ0v) is 27.5. The fraction of sp³-hybridized carbons (Fsp3) is 0. The number of thiophene rings is 1. The molecule has 0 saturated heterocycles. The molecule has 0 radical (unpaired) electrons. The molecule has 3 aromatic heterocycles. The molecule has 3 heterocycles. The molecule has 4 heteroatoms. The fourth-order valence-corrected chi connectivity index (χ4v) is 8.95. The van der Waals surface area contributed by atoms with Crippen molar-refractivity contribution in [2.45, 2.75) is 0 Å². The van der Waals surface area contributed by atoms with Gasteiger partial charge in [-0.1, -0.05) is 127 Å². The summed E-state index contributed by atoms with van der Waals surface area (Å²) in [5.41, 5.74) is 7.83. The van der Waals surface area contributed by atoms with Crippen LogP contribution in [0.3, 0.4) is 0 Å². The molecule has 0 aliphatic carbocycles. The quantitative estimate of drug-likeness (QED) is 0.178. The number of hydrogen-bond donors (Lipinski definition) is 0. The van der Waals surface area contributed by atoms with Gasteiger partial charge in [0.15, 0.2) is 5.82 Å². The maximum absolute atomic E-state index is 6.60. The van der Waals surface area contributed by atoms with Crippen molar-refractivity contribution < 1.29 is 4.42 Å². The zero-order valence-electron chi connectivity index (χ0n) is 26.7. The maximum Gasteiger partial charge on any atom is 0.160 e. The van der Waals surface area contributed by atoms with Gasteiger partial charge in [0.1, 0.15) is 11.2 Å². The first-order chi connectivity index (χ1) is 24.8. The van der Waals surface area contributed by atoms with Crippen LogP contribution in [0.5, 0.6) is 0 Å². The molecule has 0 atom stereocenters. The summed E-state index contributed by atoms with van der Waals surface area (Å²) in [7, 11) is 0. The van der Waals surface area contributed by atoms with Crippen molar-refractivity contribution >= 4 is 85.9 Å². The highest BCUT2D eigenvalue weighted by molar-refractivity contribution is 7.26. The Morgan fingerprint density at radius 2 is 1.04 bits per heavy atom. The largest absolute Gasteiger partial charge is 0.456 e. The predicted molar refractivity (Wildman–Crippen MR) is 211 cm³/mol. The summed E-state index contributed by atoms with van der Waals surface area (Å²) < 4.78 is 8.90. The van der Waals surface area contributed by atoms with Crippen LogP contribution in [0.15, 0.2) is 162 Å². The molecule has 0 aliphatic heterocycles. The summed E-state index contributed by atoms with van der Waals surface area (Å²) in [4.78, 5) is 10.6. The highest BCUT2D eigenvalue weighted by atomic mass is 32.1. The molecule has 0 spiro atoms. The van der Waals surface area contributed by atoms with Gasteiger partial charge < -0.3 is 4.42 Å². The molecule has 11 aromatic rings. The molecule has 3 nitrogen and oxygen atoms in total. The second kappa shape index (κ2) is 10.6. The number of hydrogen-bond acceptors (Lipinski definition) is 4. The van der Waals surface area contributed by atoms with Crippen LogP contribution in [0.25, 0.3) is 108 Å². The van der Waals surface area contributed by atoms with E-state index in [4.69, 9.17) is 14.4 Å². The van der Waals surface area contributed by atoms with Crippen molar-refractivity contribution in [2.75, 3.05) is 0 Å². The minimum Gasteiger partial charge on any atom is -0.456 e. The van der Waals surface area contributed by atoms with E-state index in [0.29, 0.717) is 5.82 Å². The zero-order chi connectivity index (χ0) is 32.8. The fourth-order valence-electron chi connectivity index (χ4n) is 7.80. The summed E-state index contributed by atoms with van der Waals surface area (Å²) in [5.74, 6) is 0.681. The average molecular weight is 655 g/mol. The molecule has 8 aromatic carbocycles. The van der Waals surface area contributed by atoms with Crippen molar-refractivity contribution in [3.8, 4) is 33.8 Å². The van der Waals surface area contributed by atoms with Crippen molar-refractivity contribution in [3.63, 3.8) is 0 Å². The number of aromatic nitrogens is 2. The molecular weight excluding hydrogens is 629 g/mol. The van der Waals surface area contributed by atoms with Crippen LogP contribution < -0.4 is 0 Å². The van der Waals surface area contributed by atoms with Gasteiger partial charge in [0.25, 0.3) is 0 Å². The van der Waals surface area contributed by atoms with Gasteiger partial charge in [-0.2, -0.15) is 0 Å². The first-order valence-corrected chi connectivity index (χ1v) is 17.6. The van der Waals surface area contributed by atoms with E-state index in [-0.39, 0.29) is 0 Å². The lowest BCUT2D eigenvalue weighted by molar-refractivity contribution is 0.669. The number of furan rings is 1. The molecule has 0 unspecified atom stereocenters. The van der Waals surface area contributed by atoms with Gasteiger partial charge in [0.2, 0.25) is 0 Å². The lowest BCUT2D eigenvalue weighted by Crippen LogP contribution is -1.94. The Morgan fingerprint density at radius 3 is 1.80 bits per heavy atom. The standard InChI is InChI=1S/C46H26N2OS/c1-2-12-27(13-3-1)43-45-44(36-19-9-11-21-41(36)50-45)48-46(47-43)29-25-37(42-35-18-8-10-20-39(35)49-40(42)26-29)28-22-23-34-32-16-5-4-14-30(32)31-15-6-7-17-33(31)38(34)24-28/h1-26H. The van der Waals surface area contributed by atoms with Crippen LogP contribution in [-0.2, 0) is 0 Å². The lowest BCUT2D eigenvalue weighted by Gasteiger charge is -2.13. The van der Waals surface area contributed by atoms with Crippen LogP contribution in [0.2, 0.25) is 0 Å². The molecule has 0 N–H and O–H groups in total. The Morgan fingerprint density at radius 1 is 0.420 bits per heavy atom. The van der Waals surface area contributed by atoms with E-state index in [0.717, 1.165) is 65.5 Å². The van der Waals surface area contributed by atoms with Gasteiger partial charge in [-0.15, -0.1) is 11.3 Å². The summed E-state index contributed by atoms with van der Waals surface area (Å²) in [6.45, 7) is 0. The van der Waals surface area contributed by atoms with Gasteiger partial charge in [-0.25, -0.2) is 9.97 Å². The van der Waals surface area contributed by atoms with Crippen LogP contribution in [-0.4, -0.2) is 9.97 Å². The van der Waals surface area contributed by atoms with Crippen molar-refractivity contribution in [2.24, 2.45) is 0 Å². The number of rotatable bonds is 3. The second-order valence-electron chi connectivity index (χ2n) is 12.9. The number of fused-ring (bicyclic) bond motifs is 12. The van der Waals surface area contributed by atoms with Crippen LogP contribution >= 0.6 is 11.3 Å². The minimum absolute atomic E-state index is 0.681. The second-order valence-corrected chi connectivity index (χ2v) is 13.9. The van der Waals surface area contributed by atoms with Crippen LogP contribution in [0.4, 0.5) is 0 Å². The third-order valence-electron chi connectivity index (χ3n) is 10.1. The van der Waals surface area contributed by atoms with Crippen molar-refractivity contribution in [1.29, 1.82) is 0 Å². The van der Waals surface area contributed by atoms with E-state index in [1.165, 1.54) is 37.0 Å². The summed E-state index contributed by atoms with van der Waals surface area (Å²) in [5, 5.41) is 10.9.